The third kappa shape index (κ3) is 4.82. The Labute approximate surface area is 122 Å². The highest BCUT2D eigenvalue weighted by Gasteiger charge is 2.25. The number of nitrogens with one attached hydrogen (secondary N) is 1. The van der Waals surface area contributed by atoms with Crippen molar-refractivity contribution < 1.29 is 19.1 Å². The van der Waals surface area contributed by atoms with E-state index in [1.54, 1.807) is 0 Å². The summed E-state index contributed by atoms with van der Waals surface area (Å²) in [6.07, 6.45) is 1.56. The minimum absolute atomic E-state index is 0.0560. The lowest BCUT2D eigenvalue weighted by Crippen LogP contribution is -2.39. The van der Waals surface area contributed by atoms with Crippen LogP contribution in [0, 0.1) is 11.7 Å². The number of carbonyl (C=O) groups excluding carboxylic acids is 1. The molecular weight excluding hydrogens is 275 g/mol. The van der Waals surface area contributed by atoms with Crippen LogP contribution >= 0.6 is 0 Å². The third-order valence-corrected chi connectivity index (χ3v) is 3.71. The lowest BCUT2D eigenvalue weighted by atomic mass is 9.95. The Bertz CT molecular complexity index is 496. The summed E-state index contributed by atoms with van der Waals surface area (Å²) in [4.78, 5) is 24.7. The molecule has 1 aliphatic heterocycles. The summed E-state index contributed by atoms with van der Waals surface area (Å²) in [5.41, 5.74) is 0.592. The fourth-order valence-electron chi connectivity index (χ4n) is 2.45. The van der Waals surface area contributed by atoms with Crippen LogP contribution in [0.15, 0.2) is 24.3 Å². The van der Waals surface area contributed by atoms with Crippen molar-refractivity contribution in [2.45, 2.75) is 19.3 Å². The van der Waals surface area contributed by atoms with Gasteiger partial charge in [0.2, 0.25) is 5.91 Å². The first-order chi connectivity index (χ1) is 10.0. The number of likely N-dealkylation sites (tertiary alicyclic amines) is 1. The quantitative estimate of drug-likeness (QED) is 0.871. The van der Waals surface area contributed by atoms with E-state index in [1.807, 2.05) is 0 Å². The van der Waals surface area contributed by atoms with Gasteiger partial charge < -0.3 is 15.3 Å². The number of benzene rings is 1. The Hall–Kier alpha value is -1.95. The molecule has 2 rings (SSSR count). The molecule has 1 fully saturated rings. The van der Waals surface area contributed by atoms with Crippen LogP contribution in [0.4, 0.5) is 10.1 Å². The second-order valence-corrected chi connectivity index (χ2v) is 5.26. The van der Waals surface area contributed by atoms with Crippen molar-refractivity contribution in [1.82, 2.24) is 4.90 Å². The van der Waals surface area contributed by atoms with Crippen molar-refractivity contribution in [2.24, 2.45) is 5.92 Å². The second-order valence-electron chi connectivity index (χ2n) is 5.26. The van der Waals surface area contributed by atoms with Crippen molar-refractivity contribution in [1.29, 1.82) is 0 Å². The van der Waals surface area contributed by atoms with Crippen molar-refractivity contribution in [3.8, 4) is 0 Å². The van der Waals surface area contributed by atoms with Gasteiger partial charge in [-0.05, 0) is 50.2 Å². The van der Waals surface area contributed by atoms with E-state index in [0.717, 1.165) is 13.1 Å². The second kappa shape index (κ2) is 7.17. The number of carboxylic acids is 1. The lowest BCUT2D eigenvalue weighted by Gasteiger charge is -2.30. The van der Waals surface area contributed by atoms with Gasteiger partial charge in [-0.15, -0.1) is 0 Å². The fraction of sp³-hybridized carbons (Fsp3) is 0.467. The smallest absolute Gasteiger partial charge is 0.304 e. The first-order valence-corrected chi connectivity index (χ1v) is 7.05. The molecule has 1 saturated heterocycles. The number of anilines is 1. The Morgan fingerprint density at radius 2 is 1.86 bits per heavy atom. The Morgan fingerprint density at radius 1 is 1.24 bits per heavy atom. The van der Waals surface area contributed by atoms with E-state index in [0.29, 0.717) is 25.1 Å². The molecule has 0 saturated carbocycles. The summed E-state index contributed by atoms with van der Waals surface area (Å²) >= 11 is 0. The van der Waals surface area contributed by atoms with Gasteiger partial charge in [0, 0.05) is 18.2 Å². The van der Waals surface area contributed by atoms with Gasteiger partial charge in [0.05, 0.1) is 6.42 Å². The Morgan fingerprint density at radius 3 is 2.43 bits per heavy atom. The van der Waals surface area contributed by atoms with Crippen LogP contribution in [0.25, 0.3) is 0 Å². The van der Waals surface area contributed by atoms with Gasteiger partial charge in [-0.3, -0.25) is 9.59 Å². The molecule has 1 aliphatic rings. The summed E-state index contributed by atoms with van der Waals surface area (Å²) in [6, 6.07) is 5.69. The first-order valence-electron chi connectivity index (χ1n) is 7.05. The molecule has 0 aromatic heterocycles. The first kappa shape index (κ1) is 15.4. The van der Waals surface area contributed by atoms with Gasteiger partial charge in [0.25, 0.3) is 0 Å². The molecule has 0 bridgehead atoms. The highest BCUT2D eigenvalue weighted by molar-refractivity contribution is 5.92. The van der Waals surface area contributed by atoms with E-state index in [2.05, 4.69) is 10.2 Å². The zero-order valence-electron chi connectivity index (χ0n) is 11.7. The maximum absolute atomic E-state index is 12.8. The van der Waals surface area contributed by atoms with Gasteiger partial charge in [0.15, 0.2) is 0 Å². The highest BCUT2D eigenvalue weighted by atomic mass is 19.1. The van der Waals surface area contributed by atoms with Gasteiger partial charge in [0.1, 0.15) is 5.82 Å². The number of amides is 1. The minimum atomic E-state index is -0.800. The largest absolute Gasteiger partial charge is 0.481 e. The van der Waals surface area contributed by atoms with Crippen LogP contribution in [0.5, 0.6) is 0 Å². The summed E-state index contributed by atoms with van der Waals surface area (Å²) in [7, 11) is 0. The highest BCUT2D eigenvalue weighted by Crippen LogP contribution is 2.19. The lowest BCUT2D eigenvalue weighted by molar-refractivity contribution is -0.137. The maximum Gasteiger partial charge on any atom is 0.304 e. The van der Waals surface area contributed by atoms with Crippen LogP contribution in [0.2, 0.25) is 0 Å². The topological polar surface area (TPSA) is 69.6 Å². The summed E-state index contributed by atoms with van der Waals surface area (Å²) in [5.74, 6) is -1.26. The van der Waals surface area contributed by atoms with Crippen molar-refractivity contribution in [3.05, 3.63) is 30.1 Å². The SMILES string of the molecule is O=C(O)CCN1CCC(C(=O)Nc2ccc(F)cc2)CC1. The molecule has 1 amide bonds. The average Bonchev–Trinajstić information content (AvgIpc) is 2.48. The molecule has 0 spiro atoms. The van der Waals surface area contributed by atoms with E-state index in [1.165, 1.54) is 24.3 Å². The minimum Gasteiger partial charge on any atom is -0.481 e. The monoisotopic (exact) mass is 294 g/mol. The number of hydrogen-bond donors (Lipinski definition) is 2. The van der Waals surface area contributed by atoms with Crippen LogP contribution in [0.1, 0.15) is 19.3 Å². The van der Waals surface area contributed by atoms with E-state index >= 15 is 0 Å². The molecule has 2 N–H and O–H groups in total. The molecule has 1 heterocycles. The van der Waals surface area contributed by atoms with E-state index in [4.69, 9.17) is 5.11 Å². The van der Waals surface area contributed by atoms with E-state index in [-0.39, 0.29) is 24.1 Å². The number of carboxylic acid groups (broad SMARTS) is 1. The van der Waals surface area contributed by atoms with Gasteiger partial charge >= 0.3 is 5.97 Å². The molecule has 0 radical (unpaired) electrons. The molecule has 0 unspecified atom stereocenters. The molecule has 1 aromatic carbocycles. The van der Waals surface area contributed by atoms with E-state index in [9.17, 15) is 14.0 Å². The number of rotatable bonds is 5. The number of halogens is 1. The summed E-state index contributed by atoms with van der Waals surface area (Å²) in [6.45, 7) is 1.99. The van der Waals surface area contributed by atoms with Crippen molar-refractivity contribution in [3.63, 3.8) is 0 Å². The van der Waals surface area contributed by atoms with Gasteiger partial charge in [-0.1, -0.05) is 0 Å². The van der Waals surface area contributed by atoms with Gasteiger partial charge in [-0.2, -0.15) is 0 Å². The number of nitrogens with zero attached hydrogens (tertiary/aromatic N) is 1. The summed E-state index contributed by atoms with van der Waals surface area (Å²) < 4.78 is 12.8. The Kier molecular flexibility index (Phi) is 5.27. The average molecular weight is 294 g/mol. The normalized spacial score (nSPS) is 16.6. The third-order valence-electron chi connectivity index (χ3n) is 3.71. The van der Waals surface area contributed by atoms with Crippen LogP contribution < -0.4 is 5.32 Å². The molecular formula is C15H19FN2O3. The zero-order chi connectivity index (χ0) is 15.2. The molecule has 0 aliphatic carbocycles. The molecule has 6 heteroatoms. The molecule has 21 heavy (non-hydrogen) atoms. The summed E-state index contributed by atoms with van der Waals surface area (Å²) in [5, 5.41) is 11.4. The van der Waals surface area contributed by atoms with Gasteiger partial charge in [-0.25, -0.2) is 4.39 Å². The molecule has 114 valence electrons. The predicted octanol–water partition coefficient (Wildman–Crippen LogP) is 1.95. The number of hydrogen-bond acceptors (Lipinski definition) is 3. The number of carbonyl (C=O) groups is 2. The standard InChI is InChI=1S/C15H19FN2O3/c16-12-1-3-13(4-2-12)17-15(21)11-5-8-18(9-6-11)10-7-14(19)20/h1-4,11H,5-10H2,(H,17,21)(H,19,20). The number of aliphatic carboxylic acids is 1. The van der Waals surface area contributed by atoms with Crippen molar-refractivity contribution >= 4 is 17.6 Å². The van der Waals surface area contributed by atoms with Crippen molar-refractivity contribution in [2.75, 3.05) is 25.0 Å². The van der Waals surface area contributed by atoms with Crippen LogP contribution in [0.3, 0.4) is 0 Å². The molecule has 5 nitrogen and oxygen atoms in total. The number of piperidine rings is 1. The fourth-order valence-corrected chi connectivity index (χ4v) is 2.45. The van der Waals surface area contributed by atoms with E-state index < -0.39 is 5.97 Å². The molecule has 0 atom stereocenters. The zero-order valence-corrected chi connectivity index (χ0v) is 11.7. The Balaban J connectivity index is 1.77. The predicted molar refractivity (Wildman–Crippen MR) is 76.4 cm³/mol. The maximum atomic E-state index is 12.8. The van der Waals surface area contributed by atoms with Crippen LogP contribution in [-0.4, -0.2) is 41.5 Å². The van der Waals surface area contributed by atoms with Crippen LogP contribution in [-0.2, 0) is 9.59 Å². The molecule has 1 aromatic rings.